The number of halogens is 2. The molecular weight excluding hydrogens is 425 g/mol. The molecule has 27 heavy (non-hydrogen) atoms. The van der Waals surface area contributed by atoms with Crippen molar-refractivity contribution in [3.8, 4) is 0 Å². The molecule has 1 aromatic carbocycles. The molecule has 2 fully saturated rings. The van der Waals surface area contributed by atoms with Crippen LogP contribution in [0.3, 0.4) is 0 Å². The van der Waals surface area contributed by atoms with E-state index in [9.17, 15) is 9.59 Å². The highest BCUT2D eigenvalue weighted by Crippen LogP contribution is 2.35. The first-order valence-corrected chi connectivity index (χ1v) is 10.5. The van der Waals surface area contributed by atoms with Crippen LogP contribution in [0, 0.1) is 0 Å². The summed E-state index contributed by atoms with van der Waals surface area (Å²) >= 11 is 18.8. The Labute approximate surface area is 178 Å². The molecule has 3 rings (SSSR count). The Morgan fingerprint density at radius 3 is 2.59 bits per heavy atom. The van der Waals surface area contributed by atoms with Gasteiger partial charge in [-0.25, -0.2) is 0 Å². The van der Waals surface area contributed by atoms with E-state index in [2.05, 4.69) is 17.3 Å². The molecular formula is C18H19Cl2N3O2S2. The first-order chi connectivity index (χ1) is 12.8. The minimum Gasteiger partial charge on any atom is -0.352 e. The predicted octanol–water partition coefficient (Wildman–Crippen LogP) is 3.41. The molecule has 0 spiro atoms. The quantitative estimate of drug-likeness (QED) is 0.570. The van der Waals surface area contributed by atoms with Crippen LogP contribution >= 0.6 is 47.2 Å². The number of nitrogens with one attached hydrogen (secondary N) is 1. The summed E-state index contributed by atoms with van der Waals surface area (Å²) in [6.45, 7) is 1.82. The van der Waals surface area contributed by atoms with E-state index in [0.717, 1.165) is 37.7 Å². The molecule has 0 bridgehead atoms. The molecule has 0 aromatic heterocycles. The second-order valence-electron chi connectivity index (χ2n) is 6.55. The fourth-order valence-electron chi connectivity index (χ4n) is 2.99. The standard InChI is InChI=1S/C18H19Cl2N3O2S2/c1-22-7-5-11(6-8-22)21-16(24)10-23-17(25)15(27-18(23)26)9-12-13(19)3-2-4-14(12)20/h2-4,9,11H,5-8,10H2,1H3,(H,21,24)/b15-9-. The maximum atomic E-state index is 12.7. The highest BCUT2D eigenvalue weighted by Gasteiger charge is 2.34. The molecule has 1 N–H and O–H groups in total. The van der Waals surface area contributed by atoms with Crippen LogP contribution in [0.5, 0.6) is 0 Å². The second-order valence-corrected chi connectivity index (χ2v) is 9.04. The van der Waals surface area contributed by atoms with E-state index in [-0.39, 0.29) is 24.4 Å². The third-order valence-electron chi connectivity index (χ3n) is 4.53. The average Bonchev–Trinajstić information content (AvgIpc) is 2.88. The third kappa shape index (κ3) is 5.03. The highest BCUT2D eigenvalue weighted by molar-refractivity contribution is 8.26. The van der Waals surface area contributed by atoms with E-state index in [1.54, 1.807) is 24.3 Å². The van der Waals surface area contributed by atoms with E-state index >= 15 is 0 Å². The molecule has 0 saturated carbocycles. The van der Waals surface area contributed by atoms with Crippen molar-refractivity contribution in [2.24, 2.45) is 0 Å². The molecule has 2 saturated heterocycles. The first kappa shape index (κ1) is 20.6. The molecule has 2 heterocycles. The van der Waals surface area contributed by atoms with Gasteiger partial charge in [0.1, 0.15) is 10.9 Å². The first-order valence-electron chi connectivity index (χ1n) is 8.52. The minimum absolute atomic E-state index is 0.0788. The summed E-state index contributed by atoms with van der Waals surface area (Å²) in [6, 6.07) is 5.29. The lowest BCUT2D eigenvalue weighted by Gasteiger charge is -2.29. The topological polar surface area (TPSA) is 52.7 Å². The fraction of sp³-hybridized carbons (Fsp3) is 0.389. The number of hydrogen-bond donors (Lipinski definition) is 1. The zero-order valence-electron chi connectivity index (χ0n) is 14.7. The van der Waals surface area contributed by atoms with E-state index < -0.39 is 0 Å². The number of rotatable bonds is 4. The zero-order chi connectivity index (χ0) is 19.6. The molecule has 9 heteroatoms. The average molecular weight is 444 g/mol. The molecule has 0 atom stereocenters. The summed E-state index contributed by atoms with van der Waals surface area (Å²) < 4.78 is 0.355. The Hall–Kier alpha value is -1.12. The Kier molecular flexibility index (Phi) is 6.81. The van der Waals surface area contributed by atoms with Crippen LogP contribution in [-0.4, -0.2) is 58.7 Å². The largest absolute Gasteiger partial charge is 0.352 e. The van der Waals surface area contributed by atoms with Crippen molar-refractivity contribution in [1.29, 1.82) is 0 Å². The van der Waals surface area contributed by atoms with Gasteiger partial charge < -0.3 is 10.2 Å². The van der Waals surface area contributed by atoms with Crippen molar-refractivity contribution in [2.75, 3.05) is 26.7 Å². The van der Waals surface area contributed by atoms with Gasteiger partial charge in [0.05, 0.1) is 4.91 Å². The number of likely N-dealkylation sites (tertiary alicyclic amines) is 1. The van der Waals surface area contributed by atoms with Crippen LogP contribution in [0.25, 0.3) is 6.08 Å². The molecule has 0 radical (unpaired) electrons. The van der Waals surface area contributed by atoms with Crippen LogP contribution in [0.2, 0.25) is 10.0 Å². The molecule has 0 unspecified atom stereocenters. The number of carbonyl (C=O) groups excluding carboxylic acids is 2. The number of amides is 2. The zero-order valence-corrected chi connectivity index (χ0v) is 17.9. The van der Waals surface area contributed by atoms with Crippen molar-refractivity contribution in [3.63, 3.8) is 0 Å². The highest BCUT2D eigenvalue weighted by atomic mass is 35.5. The Morgan fingerprint density at radius 1 is 1.33 bits per heavy atom. The monoisotopic (exact) mass is 443 g/mol. The summed E-state index contributed by atoms with van der Waals surface area (Å²) in [4.78, 5) is 29.0. The van der Waals surface area contributed by atoms with Crippen molar-refractivity contribution >= 4 is 69.4 Å². The van der Waals surface area contributed by atoms with Gasteiger partial charge >= 0.3 is 0 Å². The molecule has 2 amide bonds. The maximum Gasteiger partial charge on any atom is 0.266 e. The van der Waals surface area contributed by atoms with Gasteiger partial charge in [0, 0.05) is 21.7 Å². The summed E-state index contributed by atoms with van der Waals surface area (Å²) in [5, 5.41) is 3.90. The van der Waals surface area contributed by atoms with Gasteiger partial charge in [-0.05, 0) is 51.2 Å². The Morgan fingerprint density at radius 2 is 1.96 bits per heavy atom. The fourth-order valence-corrected chi connectivity index (χ4v) is 4.73. The van der Waals surface area contributed by atoms with Gasteiger partial charge in [-0.2, -0.15) is 0 Å². The molecule has 2 aliphatic heterocycles. The number of thiocarbonyl (C=S) groups is 1. The molecule has 2 aliphatic rings. The lowest BCUT2D eigenvalue weighted by molar-refractivity contribution is -0.129. The van der Waals surface area contributed by atoms with E-state index in [1.807, 2.05) is 0 Å². The van der Waals surface area contributed by atoms with Gasteiger partial charge in [0.15, 0.2) is 0 Å². The van der Waals surface area contributed by atoms with Crippen LogP contribution in [-0.2, 0) is 9.59 Å². The van der Waals surface area contributed by atoms with E-state index in [0.29, 0.717) is 24.8 Å². The molecule has 144 valence electrons. The third-order valence-corrected chi connectivity index (χ3v) is 6.57. The summed E-state index contributed by atoms with van der Waals surface area (Å²) in [6.07, 6.45) is 3.44. The number of piperidine rings is 1. The lowest BCUT2D eigenvalue weighted by atomic mass is 10.1. The molecule has 0 aliphatic carbocycles. The predicted molar refractivity (Wildman–Crippen MR) is 115 cm³/mol. The summed E-state index contributed by atoms with van der Waals surface area (Å²) in [5.74, 6) is -0.502. The lowest BCUT2D eigenvalue weighted by Crippen LogP contribution is -2.47. The van der Waals surface area contributed by atoms with Gasteiger partial charge in [0.25, 0.3) is 5.91 Å². The number of nitrogens with zero attached hydrogens (tertiary/aromatic N) is 2. The van der Waals surface area contributed by atoms with Gasteiger partial charge in [-0.15, -0.1) is 0 Å². The number of thioether (sulfide) groups is 1. The maximum absolute atomic E-state index is 12.7. The Balaban J connectivity index is 1.66. The number of benzene rings is 1. The van der Waals surface area contributed by atoms with Gasteiger partial charge in [-0.1, -0.05) is 53.2 Å². The van der Waals surface area contributed by atoms with Crippen molar-refractivity contribution in [2.45, 2.75) is 18.9 Å². The van der Waals surface area contributed by atoms with Crippen LogP contribution < -0.4 is 5.32 Å². The normalized spacial score (nSPS) is 20.6. The SMILES string of the molecule is CN1CCC(NC(=O)CN2C(=O)/C(=C/c3c(Cl)cccc3Cl)SC2=S)CC1. The summed E-state index contributed by atoms with van der Waals surface area (Å²) in [7, 11) is 2.07. The molecule has 5 nitrogen and oxygen atoms in total. The second kappa shape index (κ2) is 8.92. The van der Waals surface area contributed by atoms with Crippen LogP contribution in [0.4, 0.5) is 0 Å². The number of carbonyl (C=O) groups is 2. The van der Waals surface area contributed by atoms with Crippen molar-refractivity contribution < 1.29 is 9.59 Å². The number of hydrogen-bond acceptors (Lipinski definition) is 5. The van der Waals surface area contributed by atoms with Crippen LogP contribution in [0.15, 0.2) is 23.1 Å². The Bertz CT molecular complexity index is 788. The van der Waals surface area contributed by atoms with E-state index in [4.69, 9.17) is 35.4 Å². The summed E-state index contributed by atoms with van der Waals surface area (Å²) in [5.41, 5.74) is 0.567. The smallest absolute Gasteiger partial charge is 0.266 e. The van der Waals surface area contributed by atoms with Crippen LogP contribution in [0.1, 0.15) is 18.4 Å². The van der Waals surface area contributed by atoms with Crippen molar-refractivity contribution in [3.05, 3.63) is 38.7 Å². The molecule has 1 aromatic rings. The van der Waals surface area contributed by atoms with Gasteiger partial charge in [0.2, 0.25) is 5.91 Å². The van der Waals surface area contributed by atoms with Gasteiger partial charge in [-0.3, -0.25) is 14.5 Å². The van der Waals surface area contributed by atoms with Crippen molar-refractivity contribution in [1.82, 2.24) is 15.1 Å². The minimum atomic E-state index is -0.306. The van der Waals surface area contributed by atoms with E-state index in [1.165, 1.54) is 4.90 Å².